The SMILES string of the molecule is C[C@H](C(=O)O)N1CCC(N(CC(F)(F)F)C(=O)c2ccccc2F)CC1. The molecule has 1 aromatic carbocycles. The van der Waals surface area contributed by atoms with Crippen LogP contribution in [0, 0.1) is 5.82 Å². The van der Waals surface area contributed by atoms with Gasteiger partial charge in [-0.2, -0.15) is 13.2 Å². The van der Waals surface area contributed by atoms with E-state index in [1.54, 1.807) is 4.90 Å². The van der Waals surface area contributed by atoms with Crippen molar-refractivity contribution in [2.75, 3.05) is 19.6 Å². The Hall–Kier alpha value is -2.16. The Morgan fingerprint density at radius 1 is 1.27 bits per heavy atom. The summed E-state index contributed by atoms with van der Waals surface area (Å²) < 4.78 is 52.8. The molecule has 26 heavy (non-hydrogen) atoms. The number of carbonyl (C=O) groups excluding carboxylic acids is 1. The maximum Gasteiger partial charge on any atom is 0.406 e. The van der Waals surface area contributed by atoms with Crippen molar-refractivity contribution >= 4 is 11.9 Å². The van der Waals surface area contributed by atoms with Gasteiger partial charge >= 0.3 is 12.1 Å². The highest BCUT2D eigenvalue weighted by atomic mass is 19.4. The molecule has 2 rings (SSSR count). The second-order valence-electron chi connectivity index (χ2n) is 6.31. The first-order valence-electron chi connectivity index (χ1n) is 8.19. The van der Waals surface area contributed by atoms with E-state index in [0.717, 1.165) is 12.1 Å². The van der Waals surface area contributed by atoms with Gasteiger partial charge in [-0.15, -0.1) is 0 Å². The zero-order valence-electron chi connectivity index (χ0n) is 14.2. The number of hydrogen-bond acceptors (Lipinski definition) is 3. The van der Waals surface area contributed by atoms with E-state index in [9.17, 15) is 27.2 Å². The Morgan fingerprint density at radius 3 is 2.35 bits per heavy atom. The molecule has 5 nitrogen and oxygen atoms in total. The van der Waals surface area contributed by atoms with Crippen molar-refractivity contribution in [3.8, 4) is 0 Å². The van der Waals surface area contributed by atoms with Gasteiger partial charge in [-0.25, -0.2) is 4.39 Å². The number of nitrogens with zero attached hydrogens (tertiary/aromatic N) is 2. The Bertz CT molecular complexity index is 658. The fraction of sp³-hybridized carbons (Fsp3) is 0.529. The molecule has 0 spiro atoms. The summed E-state index contributed by atoms with van der Waals surface area (Å²) in [5.74, 6) is -2.90. The van der Waals surface area contributed by atoms with E-state index in [2.05, 4.69) is 0 Å². The van der Waals surface area contributed by atoms with Gasteiger partial charge in [-0.05, 0) is 31.9 Å². The summed E-state index contributed by atoms with van der Waals surface area (Å²) in [6.07, 6.45) is -4.24. The van der Waals surface area contributed by atoms with Crippen LogP contribution in [-0.4, -0.2) is 64.7 Å². The lowest BCUT2D eigenvalue weighted by Crippen LogP contribution is -2.53. The first-order valence-corrected chi connectivity index (χ1v) is 8.19. The number of rotatable bonds is 5. The number of amides is 1. The maximum absolute atomic E-state index is 13.9. The number of aliphatic carboxylic acids is 1. The number of benzene rings is 1. The Morgan fingerprint density at radius 2 is 1.85 bits per heavy atom. The predicted molar refractivity (Wildman–Crippen MR) is 85.2 cm³/mol. The first kappa shape index (κ1) is 20.2. The summed E-state index contributed by atoms with van der Waals surface area (Å²) in [6, 6.07) is 3.43. The molecule has 1 atom stereocenters. The van der Waals surface area contributed by atoms with Crippen molar-refractivity contribution in [2.24, 2.45) is 0 Å². The molecule has 144 valence electrons. The highest BCUT2D eigenvalue weighted by Crippen LogP contribution is 2.26. The number of carboxylic acids is 1. The average Bonchev–Trinajstić information content (AvgIpc) is 2.58. The summed E-state index contributed by atoms with van der Waals surface area (Å²) in [5.41, 5.74) is -0.405. The van der Waals surface area contributed by atoms with Crippen molar-refractivity contribution < 1.29 is 32.3 Å². The van der Waals surface area contributed by atoms with Gasteiger partial charge in [-0.3, -0.25) is 14.5 Å². The monoisotopic (exact) mass is 376 g/mol. The standard InChI is InChI=1S/C17H20F4N2O3/c1-11(16(25)26)22-8-6-12(7-9-22)23(10-17(19,20)21)15(24)13-4-2-3-5-14(13)18/h2-5,11-12H,6-10H2,1H3,(H,25,26)/t11-/m1/s1. The minimum Gasteiger partial charge on any atom is -0.480 e. The number of likely N-dealkylation sites (tertiary alicyclic amines) is 1. The largest absolute Gasteiger partial charge is 0.480 e. The van der Waals surface area contributed by atoms with Crippen LogP contribution >= 0.6 is 0 Å². The van der Waals surface area contributed by atoms with Crippen molar-refractivity contribution in [3.05, 3.63) is 35.6 Å². The van der Waals surface area contributed by atoms with E-state index < -0.39 is 48.1 Å². The fourth-order valence-corrected chi connectivity index (χ4v) is 3.09. The van der Waals surface area contributed by atoms with Gasteiger partial charge in [0, 0.05) is 19.1 Å². The zero-order valence-corrected chi connectivity index (χ0v) is 14.2. The molecule has 0 bridgehead atoms. The second kappa shape index (κ2) is 8.03. The molecule has 1 N–H and O–H groups in total. The molecule has 0 radical (unpaired) electrons. The van der Waals surface area contributed by atoms with Crippen LogP contribution in [0.4, 0.5) is 17.6 Å². The first-order chi connectivity index (χ1) is 12.1. The molecule has 0 aliphatic carbocycles. The Kier molecular flexibility index (Phi) is 6.22. The molecule has 1 saturated heterocycles. The van der Waals surface area contributed by atoms with Gasteiger partial charge in [0.05, 0.1) is 5.56 Å². The van der Waals surface area contributed by atoms with Crippen molar-refractivity contribution in [2.45, 2.75) is 38.0 Å². The third-order valence-corrected chi connectivity index (χ3v) is 4.56. The smallest absolute Gasteiger partial charge is 0.406 e. The topological polar surface area (TPSA) is 60.9 Å². The molecular weight excluding hydrogens is 356 g/mol. The normalized spacial score (nSPS) is 17.7. The molecule has 1 amide bonds. The van der Waals surface area contributed by atoms with Crippen LogP contribution in [0.2, 0.25) is 0 Å². The lowest BCUT2D eigenvalue weighted by molar-refractivity contribution is -0.147. The maximum atomic E-state index is 13.9. The lowest BCUT2D eigenvalue weighted by atomic mass is 10.00. The second-order valence-corrected chi connectivity index (χ2v) is 6.31. The van der Waals surface area contributed by atoms with E-state index in [0.29, 0.717) is 4.90 Å². The zero-order chi connectivity index (χ0) is 19.5. The van der Waals surface area contributed by atoms with Crippen LogP contribution < -0.4 is 0 Å². The molecule has 1 aliphatic heterocycles. The minimum absolute atomic E-state index is 0.188. The number of alkyl halides is 3. The van der Waals surface area contributed by atoms with Crippen LogP contribution in [0.15, 0.2) is 24.3 Å². The third kappa shape index (κ3) is 4.94. The molecule has 9 heteroatoms. The van der Waals surface area contributed by atoms with Crippen LogP contribution in [0.5, 0.6) is 0 Å². The highest BCUT2D eigenvalue weighted by molar-refractivity contribution is 5.94. The van der Waals surface area contributed by atoms with E-state index in [-0.39, 0.29) is 25.9 Å². The van der Waals surface area contributed by atoms with Gasteiger partial charge in [-0.1, -0.05) is 12.1 Å². The summed E-state index contributed by atoms with van der Waals surface area (Å²) in [5, 5.41) is 9.03. The molecule has 0 unspecified atom stereocenters. The lowest BCUT2D eigenvalue weighted by Gasteiger charge is -2.40. The van der Waals surface area contributed by atoms with Gasteiger partial charge in [0.1, 0.15) is 18.4 Å². The molecule has 1 aliphatic rings. The molecule has 0 saturated carbocycles. The van der Waals surface area contributed by atoms with Gasteiger partial charge < -0.3 is 10.0 Å². The molecule has 1 heterocycles. The number of piperidine rings is 1. The van der Waals surface area contributed by atoms with Gasteiger partial charge in [0.15, 0.2) is 0 Å². The van der Waals surface area contributed by atoms with E-state index in [1.807, 2.05) is 0 Å². The van der Waals surface area contributed by atoms with Crippen LogP contribution in [-0.2, 0) is 4.79 Å². The molecule has 1 fully saturated rings. The minimum atomic E-state index is -4.62. The van der Waals surface area contributed by atoms with E-state index >= 15 is 0 Å². The predicted octanol–water partition coefficient (Wildman–Crippen LogP) is 2.77. The van der Waals surface area contributed by atoms with Gasteiger partial charge in [0.2, 0.25) is 0 Å². The fourth-order valence-electron chi connectivity index (χ4n) is 3.09. The number of carbonyl (C=O) groups is 2. The summed E-state index contributed by atoms with van der Waals surface area (Å²) in [6.45, 7) is 0.522. The number of halogens is 4. The van der Waals surface area contributed by atoms with Crippen LogP contribution in [0.3, 0.4) is 0 Å². The summed E-state index contributed by atoms with van der Waals surface area (Å²) >= 11 is 0. The number of hydrogen-bond donors (Lipinski definition) is 1. The molecular formula is C17H20F4N2O3. The molecule has 0 aromatic heterocycles. The van der Waals surface area contributed by atoms with Crippen LogP contribution in [0.1, 0.15) is 30.1 Å². The van der Waals surface area contributed by atoms with E-state index in [4.69, 9.17) is 5.11 Å². The van der Waals surface area contributed by atoms with Gasteiger partial charge in [0.25, 0.3) is 5.91 Å². The molecule has 1 aromatic rings. The quantitative estimate of drug-likeness (QED) is 0.803. The Labute approximate surface area is 148 Å². The highest BCUT2D eigenvalue weighted by Gasteiger charge is 2.39. The van der Waals surface area contributed by atoms with Crippen molar-refractivity contribution in [1.29, 1.82) is 0 Å². The Balaban J connectivity index is 2.17. The van der Waals surface area contributed by atoms with E-state index in [1.165, 1.54) is 19.1 Å². The third-order valence-electron chi connectivity index (χ3n) is 4.56. The summed E-state index contributed by atoms with van der Waals surface area (Å²) in [7, 11) is 0. The van der Waals surface area contributed by atoms with Crippen molar-refractivity contribution in [1.82, 2.24) is 9.80 Å². The van der Waals surface area contributed by atoms with Crippen LogP contribution in [0.25, 0.3) is 0 Å². The summed E-state index contributed by atoms with van der Waals surface area (Å²) in [4.78, 5) is 25.9. The van der Waals surface area contributed by atoms with Crippen molar-refractivity contribution in [3.63, 3.8) is 0 Å². The average molecular weight is 376 g/mol. The number of carboxylic acid groups (broad SMARTS) is 1.